The van der Waals surface area contributed by atoms with Crippen LogP contribution in [0.4, 0.5) is 26.3 Å². The number of pyridine rings is 1. The van der Waals surface area contributed by atoms with Crippen molar-refractivity contribution in [3.05, 3.63) is 54.2 Å². The van der Waals surface area contributed by atoms with Gasteiger partial charge in [0.1, 0.15) is 6.26 Å². The van der Waals surface area contributed by atoms with Crippen molar-refractivity contribution in [1.82, 2.24) is 14.8 Å². The molecule has 0 unspecified atom stereocenters. The zero-order chi connectivity index (χ0) is 29.3. The lowest BCUT2D eigenvalue weighted by atomic mass is 9.89. The molecule has 0 saturated carbocycles. The Labute approximate surface area is 217 Å². The Balaban J connectivity index is 0.000000317. The molecule has 0 radical (unpaired) electrons. The highest BCUT2D eigenvalue weighted by molar-refractivity contribution is 5.93. The number of likely N-dealkylation sites (tertiary alicyclic amines) is 1. The van der Waals surface area contributed by atoms with Crippen LogP contribution in [0.2, 0.25) is 0 Å². The molecule has 2 aliphatic heterocycles. The monoisotopic (exact) mass is 569 g/mol. The van der Waals surface area contributed by atoms with Crippen molar-refractivity contribution in [3.8, 4) is 0 Å². The smallest absolute Gasteiger partial charge is 0.475 e. The van der Waals surface area contributed by atoms with Gasteiger partial charge >= 0.3 is 24.3 Å². The fourth-order valence-corrected chi connectivity index (χ4v) is 3.80. The molecule has 0 aromatic carbocycles. The van der Waals surface area contributed by atoms with Gasteiger partial charge in [0.2, 0.25) is 0 Å². The van der Waals surface area contributed by atoms with E-state index in [0.717, 1.165) is 52.2 Å². The first-order valence-corrected chi connectivity index (χ1v) is 11.3. The molecule has 2 N–H and O–H groups in total. The number of furan rings is 1. The number of carbonyl (C=O) groups is 3. The Kier molecular flexibility index (Phi) is 10.9. The second kappa shape index (κ2) is 13.4. The molecule has 39 heavy (non-hydrogen) atoms. The number of ether oxygens (including phenoxy) is 1. The van der Waals surface area contributed by atoms with Gasteiger partial charge < -0.3 is 24.3 Å². The van der Waals surface area contributed by atoms with E-state index in [1.807, 2.05) is 17.2 Å². The lowest BCUT2D eigenvalue weighted by molar-refractivity contribution is -0.193. The Morgan fingerprint density at radius 3 is 2.03 bits per heavy atom. The van der Waals surface area contributed by atoms with E-state index in [2.05, 4.69) is 16.0 Å². The molecule has 2 aliphatic rings. The standard InChI is InChI=1S/C19H23N3O3.2C2HF3O2/c23-18(17-3-10-24-14-17)22-7-4-19(5-8-22)15-21(9-11-25-19)13-16-2-1-6-20-12-16;2*3-2(4,5)1(6)7/h1-3,6,10,12,14H,4-5,7-9,11,13,15H2;2*(H,6,7). The van der Waals surface area contributed by atoms with E-state index in [1.165, 1.54) is 11.8 Å². The number of carboxylic acid groups (broad SMARTS) is 2. The molecule has 2 aromatic heterocycles. The quantitative estimate of drug-likeness (QED) is 0.534. The van der Waals surface area contributed by atoms with Gasteiger partial charge in [-0.15, -0.1) is 0 Å². The molecule has 2 aromatic rings. The minimum absolute atomic E-state index is 0.0478. The van der Waals surface area contributed by atoms with Crippen LogP contribution in [-0.2, 0) is 20.9 Å². The van der Waals surface area contributed by atoms with Crippen LogP contribution in [-0.4, -0.2) is 93.6 Å². The third-order valence-corrected chi connectivity index (χ3v) is 5.67. The van der Waals surface area contributed by atoms with Gasteiger partial charge in [-0.3, -0.25) is 14.7 Å². The molecule has 0 aliphatic carbocycles. The van der Waals surface area contributed by atoms with Crippen LogP contribution in [0, 0.1) is 0 Å². The number of carbonyl (C=O) groups excluding carboxylic acids is 1. The third-order valence-electron chi connectivity index (χ3n) is 5.67. The number of aromatic nitrogens is 1. The zero-order valence-corrected chi connectivity index (χ0v) is 20.2. The number of amides is 1. The Morgan fingerprint density at radius 1 is 0.974 bits per heavy atom. The van der Waals surface area contributed by atoms with Gasteiger partial charge in [-0.05, 0) is 30.5 Å². The average Bonchev–Trinajstić information content (AvgIpc) is 3.40. The lowest BCUT2D eigenvalue weighted by Gasteiger charge is -2.47. The van der Waals surface area contributed by atoms with E-state index in [-0.39, 0.29) is 11.5 Å². The SMILES string of the molecule is O=C(O)C(F)(F)F.O=C(O)C(F)(F)F.O=C(c1ccoc1)N1CCC2(CC1)CN(Cc1cccnc1)CCO2. The predicted octanol–water partition coefficient (Wildman–Crippen LogP) is 3.45. The minimum Gasteiger partial charge on any atom is -0.475 e. The first-order valence-electron chi connectivity index (χ1n) is 11.3. The summed E-state index contributed by atoms with van der Waals surface area (Å²) in [5.74, 6) is -5.47. The molecule has 4 rings (SSSR count). The van der Waals surface area contributed by atoms with Gasteiger partial charge in [0.15, 0.2) is 0 Å². The number of nitrogens with zero attached hydrogens (tertiary/aromatic N) is 3. The Bertz CT molecular complexity index is 1050. The van der Waals surface area contributed by atoms with E-state index in [9.17, 15) is 31.1 Å². The van der Waals surface area contributed by atoms with Gasteiger partial charge in [-0.2, -0.15) is 26.3 Å². The van der Waals surface area contributed by atoms with Gasteiger partial charge in [0.25, 0.3) is 5.91 Å². The number of morpholine rings is 1. The Hall–Kier alpha value is -3.66. The molecule has 1 spiro atoms. The van der Waals surface area contributed by atoms with E-state index in [1.54, 1.807) is 18.5 Å². The molecule has 16 heteroatoms. The van der Waals surface area contributed by atoms with E-state index in [0.29, 0.717) is 5.56 Å². The highest BCUT2D eigenvalue weighted by Crippen LogP contribution is 2.31. The largest absolute Gasteiger partial charge is 0.490 e. The molecule has 2 fully saturated rings. The molecule has 1 amide bonds. The number of halogens is 6. The molecule has 4 heterocycles. The van der Waals surface area contributed by atoms with Gasteiger partial charge in [0.05, 0.1) is 24.0 Å². The van der Waals surface area contributed by atoms with Crippen LogP contribution in [0.1, 0.15) is 28.8 Å². The van der Waals surface area contributed by atoms with Crippen molar-refractivity contribution in [2.45, 2.75) is 37.3 Å². The number of alkyl halides is 6. The highest BCUT2D eigenvalue weighted by atomic mass is 19.4. The highest BCUT2D eigenvalue weighted by Gasteiger charge is 2.41. The van der Waals surface area contributed by atoms with Gasteiger partial charge in [-0.1, -0.05) is 6.07 Å². The number of aliphatic carboxylic acids is 2. The summed E-state index contributed by atoms with van der Waals surface area (Å²) in [6.45, 7) is 4.95. The maximum atomic E-state index is 12.4. The van der Waals surface area contributed by atoms with Crippen LogP contribution in [0.25, 0.3) is 0 Å². The summed E-state index contributed by atoms with van der Waals surface area (Å²) in [5, 5.41) is 14.2. The second-order valence-corrected chi connectivity index (χ2v) is 8.51. The first kappa shape index (κ1) is 31.6. The number of piperidine rings is 1. The maximum absolute atomic E-state index is 12.4. The molecule has 0 atom stereocenters. The third kappa shape index (κ3) is 10.2. The summed E-state index contributed by atoms with van der Waals surface area (Å²) < 4.78 is 74.7. The summed E-state index contributed by atoms with van der Waals surface area (Å²) in [4.78, 5) is 38.8. The molecule has 2 saturated heterocycles. The normalized spacial score (nSPS) is 17.3. The summed E-state index contributed by atoms with van der Waals surface area (Å²) >= 11 is 0. The van der Waals surface area contributed by atoms with Crippen molar-refractivity contribution >= 4 is 17.8 Å². The molecular formula is C23H25F6N3O7. The van der Waals surface area contributed by atoms with E-state index >= 15 is 0 Å². The number of rotatable bonds is 3. The van der Waals surface area contributed by atoms with Crippen LogP contribution < -0.4 is 0 Å². The fraction of sp³-hybridized carbons (Fsp3) is 0.478. The van der Waals surface area contributed by atoms with E-state index in [4.69, 9.17) is 29.0 Å². The Morgan fingerprint density at radius 2 is 1.56 bits per heavy atom. The maximum Gasteiger partial charge on any atom is 0.490 e. The van der Waals surface area contributed by atoms with Gasteiger partial charge in [-0.25, -0.2) is 9.59 Å². The zero-order valence-electron chi connectivity index (χ0n) is 20.2. The van der Waals surface area contributed by atoms with Crippen LogP contribution in [0.5, 0.6) is 0 Å². The average molecular weight is 569 g/mol. The van der Waals surface area contributed by atoms with Crippen LogP contribution >= 0.6 is 0 Å². The summed E-state index contributed by atoms with van der Waals surface area (Å²) in [7, 11) is 0. The minimum atomic E-state index is -5.08. The number of carboxylic acids is 2. The molecule has 0 bridgehead atoms. The van der Waals surface area contributed by atoms with E-state index < -0.39 is 24.3 Å². The first-order chi connectivity index (χ1) is 18.1. The van der Waals surface area contributed by atoms with Crippen molar-refractivity contribution in [2.75, 3.05) is 32.8 Å². The topological polar surface area (TPSA) is 133 Å². The molecule has 216 valence electrons. The predicted molar refractivity (Wildman–Crippen MR) is 119 cm³/mol. The fourth-order valence-electron chi connectivity index (χ4n) is 3.80. The van der Waals surface area contributed by atoms with Crippen molar-refractivity contribution in [3.63, 3.8) is 0 Å². The second-order valence-electron chi connectivity index (χ2n) is 8.51. The molecule has 10 nitrogen and oxygen atoms in total. The van der Waals surface area contributed by atoms with Crippen molar-refractivity contribution in [1.29, 1.82) is 0 Å². The van der Waals surface area contributed by atoms with Crippen molar-refractivity contribution in [2.24, 2.45) is 0 Å². The molecular weight excluding hydrogens is 544 g/mol. The van der Waals surface area contributed by atoms with Crippen LogP contribution in [0.3, 0.4) is 0 Å². The summed E-state index contributed by atoms with van der Waals surface area (Å²) in [6, 6.07) is 5.81. The number of hydrogen-bond acceptors (Lipinski definition) is 7. The lowest BCUT2D eigenvalue weighted by Crippen LogP contribution is -2.57. The van der Waals surface area contributed by atoms with Crippen LogP contribution in [0.15, 0.2) is 47.5 Å². The summed E-state index contributed by atoms with van der Waals surface area (Å²) in [6.07, 6.45) is -1.63. The van der Waals surface area contributed by atoms with Gasteiger partial charge in [0, 0.05) is 45.1 Å². The van der Waals surface area contributed by atoms with Crippen molar-refractivity contribution < 1.29 is 60.1 Å². The summed E-state index contributed by atoms with van der Waals surface area (Å²) in [5.41, 5.74) is 1.72. The number of hydrogen-bond donors (Lipinski definition) is 2.